The highest BCUT2D eigenvalue weighted by molar-refractivity contribution is 7.91. The molecule has 0 saturated carbocycles. The van der Waals surface area contributed by atoms with Gasteiger partial charge in [0.05, 0.1) is 24.3 Å². The molecule has 33 heavy (non-hydrogen) atoms. The van der Waals surface area contributed by atoms with Crippen LogP contribution < -0.4 is 14.8 Å². The first-order valence-corrected chi connectivity index (χ1v) is 13.2. The number of benzene rings is 2. The number of sulfone groups is 1. The zero-order chi connectivity index (χ0) is 23.6. The number of anilines is 1. The molecule has 0 fully saturated rings. The Balaban J connectivity index is 1.71. The minimum atomic E-state index is -3.76. The van der Waals surface area contributed by atoms with Gasteiger partial charge in [-0.2, -0.15) is 0 Å². The summed E-state index contributed by atoms with van der Waals surface area (Å²) in [5, 5.41) is 4.43. The fourth-order valence-electron chi connectivity index (χ4n) is 3.86. The molecule has 1 aromatic heterocycles. The Morgan fingerprint density at radius 3 is 2.58 bits per heavy atom. The highest BCUT2D eigenvalue weighted by Gasteiger charge is 2.34. The number of nitrogens with one attached hydrogen (secondary N) is 1. The van der Waals surface area contributed by atoms with Crippen LogP contribution in [0.25, 0.3) is 0 Å². The minimum absolute atomic E-state index is 0.135. The second-order valence-electron chi connectivity index (χ2n) is 8.07. The van der Waals surface area contributed by atoms with Gasteiger partial charge in [-0.25, -0.2) is 8.42 Å². The molecular formula is C25H27NO5S2. The van der Waals surface area contributed by atoms with Crippen molar-refractivity contribution in [2.24, 2.45) is 0 Å². The third-order valence-electron chi connectivity index (χ3n) is 5.72. The van der Waals surface area contributed by atoms with Crippen molar-refractivity contribution in [2.75, 3.05) is 19.0 Å². The average Bonchev–Trinajstić information content (AvgIpc) is 3.23. The Morgan fingerprint density at radius 2 is 1.88 bits per heavy atom. The summed E-state index contributed by atoms with van der Waals surface area (Å²) in [6, 6.07) is 12.4. The van der Waals surface area contributed by atoms with Gasteiger partial charge in [0.1, 0.15) is 4.90 Å². The summed E-state index contributed by atoms with van der Waals surface area (Å²) in [6.45, 7) is 4.61. The lowest BCUT2D eigenvalue weighted by atomic mass is 9.90. The van der Waals surface area contributed by atoms with Crippen molar-refractivity contribution in [3.63, 3.8) is 0 Å². The lowest BCUT2D eigenvalue weighted by molar-refractivity contribution is -0.116. The van der Waals surface area contributed by atoms with E-state index in [-0.39, 0.29) is 28.0 Å². The Bertz CT molecular complexity index is 1260. The van der Waals surface area contributed by atoms with Gasteiger partial charge >= 0.3 is 0 Å². The Hall–Kier alpha value is -2.84. The normalized spacial score (nSPS) is 15.6. The van der Waals surface area contributed by atoms with Crippen molar-refractivity contribution in [3.8, 4) is 11.5 Å². The largest absolute Gasteiger partial charge is 0.493 e. The molecule has 1 aliphatic heterocycles. The molecule has 1 amide bonds. The fourth-order valence-corrected chi connectivity index (χ4v) is 6.77. The molecule has 0 unspecified atom stereocenters. The van der Waals surface area contributed by atoms with E-state index in [1.165, 1.54) is 11.3 Å². The Kier molecular flexibility index (Phi) is 6.76. The summed E-state index contributed by atoms with van der Waals surface area (Å²) in [7, 11) is -2.18. The second kappa shape index (κ2) is 9.57. The molecule has 0 bridgehead atoms. The molecule has 2 heterocycles. The molecule has 0 spiro atoms. The number of unbranched alkanes of at least 4 members (excludes halogenated alkanes) is 1. The molecule has 2 aromatic carbocycles. The summed E-state index contributed by atoms with van der Waals surface area (Å²) in [4.78, 5) is 13.8. The number of carbonyl (C=O) groups is 1. The predicted molar refractivity (Wildman–Crippen MR) is 129 cm³/mol. The first-order chi connectivity index (χ1) is 15.8. The summed E-state index contributed by atoms with van der Waals surface area (Å²) in [5.74, 6) is 0.775. The number of rotatable bonds is 8. The first kappa shape index (κ1) is 23.3. The summed E-state index contributed by atoms with van der Waals surface area (Å²) >= 11 is 1.35. The van der Waals surface area contributed by atoms with Crippen molar-refractivity contribution >= 4 is 32.8 Å². The van der Waals surface area contributed by atoms with Gasteiger partial charge in [-0.3, -0.25) is 4.79 Å². The van der Waals surface area contributed by atoms with Gasteiger partial charge in [0.2, 0.25) is 15.7 Å². The van der Waals surface area contributed by atoms with E-state index in [1.807, 2.05) is 25.1 Å². The SMILES string of the molecule is CCCCOc1ccc([C@@H]2CC(=O)Nc3c(S(=O)(=O)c4ccc(C)cc4)csc32)cc1OC. The third-order valence-corrected chi connectivity index (χ3v) is 8.76. The number of methoxy groups -OCH3 is 1. The van der Waals surface area contributed by atoms with Crippen LogP contribution in [0.4, 0.5) is 5.69 Å². The first-order valence-electron chi connectivity index (χ1n) is 10.9. The van der Waals surface area contributed by atoms with Crippen molar-refractivity contribution in [1.82, 2.24) is 0 Å². The number of amides is 1. The molecule has 3 aromatic rings. The number of hydrogen-bond donors (Lipinski definition) is 1. The van der Waals surface area contributed by atoms with Gasteiger partial charge in [-0.15, -0.1) is 11.3 Å². The highest BCUT2D eigenvalue weighted by Crippen LogP contribution is 2.47. The number of hydrogen-bond acceptors (Lipinski definition) is 6. The third kappa shape index (κ3) is 4.63. The molecular weight excluding hydrogens is 458 g/mol. The summed E-state index contributed by atoms with van der Waals surface area (Å²) < 4.78 is 38.0. The van der Waals surface area contributed by atoms with Crippen molar-refractivity contribution in [2.45, 2.75) is 48.8 Å². The topological polar surface area (TPSA) is 81.7 Å². The van der Waals surface area contributed by atoms with Crippen molar-refractivity contribution in [1.29, 1.82) is 0 Å². The maximum absolute atomic E-state index is 13.3. The number of fused-ring (bicyclic) bond motifs is 1. The highest BCUT2D eigenvalue weighted by atomic mass is 32.2. The van der Waals surface area contributed by atoms with Crippen LogP contribution in [0.5, 0.6) is 11.5 Å². The Labute approximate surface area is 198 Å². The van der Waals surface area contributed by atoms with E-state index < -0.39 is 9.84 Å². The lowest BCUT2D eigenvalue weighted by Crippen LogP contribution is -2.23. The standard InChI is InChI=1S/C25H27NO5S2/c1-4-5-12-31-20-11-8-17(13-21(20)30-3)19-14-23(27)26-24-22(15-32-25(19)24)33(28,29)18-9-6-16(2)7-10-18/h6-11,13,15,19H,4-5,12,14H2,1-3H3,(H,26,27)/t19-/m0/s1. The van der Waals surface area contributed by atoms with Crippen LogP contribution in [0.3, 0.4) is 0 Å². The van der Waals surface area contributed by atoms with Gasteiger partial charge in [0, 0.05) is 22.6 Å². The monoisotopic (exact) mass is 485 g/mol. The van der Waals surface area contributed by atoms with Gasteiger partial charge in [0.15, 0.2) is 11.5 Å². The summed E-state index contributed by atoms with van der Waals surface area (Å²) in [5.41, 5.74) is 2.24. The number of aryl methyl sites for hydroxylation is 1. The van der Waals surface area contributed by atoms with Crippen LogP contribution >= 0.6 is 11.3 Å². The van der Waals surface area contributed by atoms with E-state index >= 15 is 0 Å². The molecule has 0 saturated heterocycles. The zero-order valence-electron chi connectivity index (χ0n) is 18.9. The number of carbonyl (C=O) groups excluding carboxylic acids is 1. The van der Waals surface area contributed by atoms with E-state index in [4.69, 9.17) is 9.47 Å². The molecule has 174 valence electrons. The molecule has 1 aliphatic rings. The van der Waals surface area contributed by atoms with Crippen LogP contribution in [0, 0.1) is 6.92 Å². The van der Waals surface area contributed by atoms with Gasteiger partial charge in [-0.1, -0.05) is 37.1 Å². The van der Waals surface area contributed by atoms with E-state index in [0.29, 0.717) is 23.8 Å². The van der Waals surface area contributed by atoms with Gasteiger partial charge < -0.3 is 14.8 Å². The van der Waals surface area contributed by atoms with Crippen molar-refractivity contribution < 1.29 is 22.7 Å². The van der Waals surface area contributed by atoms with Crippen LogP contribution in [-0.4, -0.2) is 28.0 Å². The number of thiophene rings is 1. The molecule has 1 N–H and O–H groups in total. The average molecular weight is 486 g/mol. The van der Waals surface area contributed by atoms with Gasteiger partial charge in [-0.05, 0) is 43.2 Å². The van der Waals surface area contributed by atoms with E-state index in [1.54, 1.807) is 36.8 Å². The van der Waals surface area contributed by atoms with Crippen LogP contribution in [0.2, 0.25) is 0 Å². The lowest BCUT2D eigenvalue weighted by Gasteiger charge is -2.24. The smallest absolute Gasteiger partial charge is 0.225 e. The van der Waals surface area contributed by atoms with Crippen molar-refractivity contribution in [3.05, 3.63) is 63.8 Å². The predicted octanol–water partition coefficient (Wildman–Crippen LogP) is 5.55. The van der Waals surface area contributed by atoms with Crippen LogP contribution in [0.15, 0.2) is 57.6 Å². The van der Waals surface area contributed by atoms with Crippen LogP contribution in [0.1, 0.15) is 48.1 Å². The zero-order valence-corrected chi connectivity index (χ0v) is 20.5. The quantitative estimate of drug-likeness (QED) is 0.423. The second-order valence-corrected chi connectivity index (χ2v) is 10.9. The molecule has 8 heteroatoms. The summed E-state index contributed by atoms with van der Waals surface area (Å²) in [6.07, 6.45) is 2.22. The molecule has 0 radical (unpaired) electrons. The van der Waals surface area contributed by atoms with E-state index in [0.717, 1.165) is 28.8 Å². The fraction of sp³-hybridized carbons (Fsp3) is 0.320. The molecule has 0 aliphatic carbocycles. The maximum Gasteiger partial charge on any atom is 0.225 e. The molecule has 4 rings (SSSR count). The van der Waals surface area contributed by atoms with Crippen LogP contribution in [-0.2, 0) is 14.6 Å². The Morgan fingerprint density at radius 1 is 1.12 bits per heavy atom. The van der Waals surface area contributed by atoms with E-state index in [2.05, 4.69) is 12.2 Å². The molecule has 6 nitrogen and oxygen atoms in total. The van der Waals surface area contributed by atoms with E-state index in [9.17, 15) is 13.2 Å². The minimum Gasteiger partial charge on any atom is -0.493 e. The molecule has 1 atom stereocenters. The van der Waals surface area contributed by atoms with Gasteiger partial charge in [0.25, 0.3) is 0 Å². The number of ether oxygens (including phenoxy) is 2. The maximum atomic E-state index is 13.3.